The van der Waals surface area contributed by atoms with Crippen molar-refractivity contribution in [1.82, 2.24) is 29.0 Å². The van der Waals surface area contributed by atoms with E-state index < -0.39 is 10.0 Å². The molecule has 10 heteroatoms. The largest absolute Gasteiger partial charge is 0.351 e. The molecule has 4 aromatic rings. The lowest BCUT2D eigenvalue weighted by molar-refractivity contribution is 0.202. The van der Waals surface area contributed by atoms with E-state index in [1.807, 2.05) is 30.1 Å². The molecule has 2 aliphatic heterocycles. The summed E-state index contributed by atoms with van der Waals surface area (Å²) in [5.74, 6) is 1.27. The van der Waals surface area contributed by atoms with Crippen LogP contribution in [0, 0.1) is 19.8 Å². The van der Waals surface area contributed by atoms with E-state index in [2.05, 4.69) is 52.9 Å². The average Bonchev–Trinajstić information content (AvgIpc) is 3.30. The van der Waals surface area contributed by atoms with E-state index in [1.165, 1.54) is 5.56 Å². The van der Waals surface area contributed by atoms with Crippen molar-refractivity contribution >= 4 is 26.7 Å². The predicted molar refractivity (Wildman–Crippen MR) is 162 cm³/mol. The first-order valence-electron chi connectivity index (χ1n) is 14.4. The Morgan fingerprint density at radius 3 is 2.51 bits per heavy atom. The van der Waals surface area contributed by atoms with Gasteiger partial charge in [0.15, 0.2) is 0 Å². The number of nitrogens with zero attached hydrogens (tertiary/aromatic N) is 7. The molecule has 0 amide bonds. The minimum Gasteiger partial charge on any atom is -0.351 e. The molecule has 216 valence electrons. The number of sulfonamides is 1. The van der Waals surface area contributed by atoms with E-state index in [4.69, 9.17) is 4.98 Å². The van der Waals surface area contributed by atoms with Gasteiger partial charge < -0.3 is 9.80 Å². The summed E-state index contributed by atoms with van der Waals surface area (Å²) in [6, 6.07) is 9.97. The molecule has 0 atom stereocenters. The predicted octanol–water partition coefficient (Wildman–Crippen LogP) is 4.17. The first-order chi connectivity index (χ1) is 19.6. The van der Waals surface area contributed by atoms with Gasteiger partial charge in [0.05, 0.1) is 16.6 Å². The van der Waals surface area contributed by atoms with Crippen molar-refractivity contribution in [1.29, 1.82) is 0 Å². The fourth-order valence-corrected chi connectivity index (χ4v) is 7.58. The van der Waals surface area contributed by atoms with Crippen LogP contribution in [-0.2, 0) is 30.0 Å². The standard InChI is InChI=1S/C31H39N7O2S/c1-21-14-25(29-17-34-37(5)22(29)2)16-28-30(21)32-20-33-31(28)38-13-10-24-6-7-27(15-26(24)19-38)41(39,40)36(4)18-23-8-11-35(3)12-9-23/h6-7,14-17,20,23H,8-13,18-19H2,1-5H3. The molecular formula is C31H39N7O2S. The summed E-state index contributed by atoms with van der Waals surface area (Å²) in [6.07, 6.45) is 6.43. The Kier molecular flexibility index (Phi) is 7.33. The van der Waals surface area contributed by atoms with Crippen molar-refractivity contribution in [3.8, 4) is 11.1 Å². The van der Waals surface area contributed by atoms with E-state index in [1.54, 1.807) is 23.7 Å². The Labute approximate surface area is 242 Å². The van der Waals surface area contributed by atoms with Crippen LogP contribution in [0.3, 0.4) is 0 Å². The number of aryl methyl sites for hydroxylation is 2. The fourth-order valence-electron chi connectivity index (χ4n) is 6.28. The normalized spacial score (nSPS) is 17.0. The third-order valence-electron chi connectivity index (χ3n) is 9.01. The molecular weight excluding hydrogens is 534 g/mol. The summed E-state index contributed by atoms with van der Waals surface area (Å²) in [7, 11) is 2.22. The number of rotatable bonds is 6. The minimum atomic E-state index is -3.58. The molecule has 0 saturated carbocycles. The monoisotopic (exact) mass is 573 g/mol. The Hall–Kier alpha value is -3.34. The van der Waals surface area contributed by atoms with Gasteiger partial charge in [0.25, 0.3) is 0 Å². The number of anilines is 1. The Morgan fingerprint density at radius 2 is 1.78 bits per heavy atom. The summed E-state index contributed by atoms with van der Waals surface area (Å²) in [6.45, 7) is 8.16. The van der Waals surface area contributed by atoms with Crippen molar-refractivity contribution in [2.24, 2.45) is 13.0 Å². The van der Waals surface area contributed by atoms with Crippen LogP contribution in [0.25, 0.3) is 22.0 Å². The van der Waals surface area contributed by atoms with Gasteiger partial charge in [-0.05, 0) is 106 Å². The fraction of sp³-hybridized carbons (Fsp3) is 0.452. The van der Waals surface area contributed by atoms with Crippen LogP contribution < -0.4 is 4.90 Å². The number of hydrogen-bond donors (Lipinski definition) is 0. The smallest absolute Gasteiger partial charge is 0.242 e. The van der Waals surface area contributed by atoms with Gasteiger partial charge in [0, 0.05) is 50.4 Å². The van der Waals surface area contributed by atoms with Crippen LogP contribution in [0.2, 0.25) is 0 Å². The Morgan fingerprint density at radius 1 is 1.00 bits per heavy atom. The van der Waals surface area contributed by atoms with Gasteiger partial charge in [-0.1, -0.05) is 6.07 Å². The van der Waals surface area contributed by atoms with Crippen molar-refractivity contribution in [3.05, 3.63) is 65.2 Å². The zero-order valence-corrected chi connectivity index (χ0v) is 25.4. The van der Waals surface area contributed by atoms with E-state index in [9.17, 15) is 8.42 Å². The summed E-state index contributed by atoms with van der Waals surface area (Å²) in [4.78, 5) is 14.3. The molecule has 1 saturated heterocycles. The lowest BCUT2D eigenvalue weighted by atomic mass is 9.97. The van der Waals surface area contributed by atoms with Crippen LogP contribution in [0.4, 0.5) is 5.82 Å². The van der Waals surface area contributed by atoms with Gasteiger partial charge in [-0.25, -0.2) is 22.7 Å². The molecule has 2 aromatic heterocycles. The Balaban J connectivity index is 1.29. The summed E-state index contributed by atoms with van der Waals surface area (Å²) in [5.41, 5.74) is 7.53. The molecule has 0 N–H and O–H groups in total. The molecule has 6 rings (SSSR count). The minimum absolute atomic E-state index is 0.367. The molecule has 9 nitrogen and oxygen atoms in total. The van der Waals surface area contributed by atoms with Crippen molar-refractivity contribution in [2.45, 2.75) is 44.6 Å². The van der Waals surface area contributed by atoms with Gasteiger partial charge in [-0.3, -0.25) is 4.68 Å². The maximum atomic E-state index is 13.6. The summed E-state index contributed by atoms with van der Waals surface area (Å²) in [5, 5.41) is 5.43. The lowest BCUT2D eigenvalue weighted by Gasteiger charge is -2.32. The highest BCUT2D eigenvalue weighted by atomic mass is 32.2. The third kappa shape index (κ3) is 5.24. The number of fused-ring (bicyclic) bond motifs is 2. The van der Waals surface area contributed by atoms with Crippen LogP contribution >= 0.6 is 0 Å². The van der Waals surface area contributed by atoms with Gasteiger partial charge in [-0.2, -0.15) is 5.10 Å². The second-order valence-electron chi connectivity index (χ2n) is 11.8. The van der Waals surface area contributed by atoms with Crippen molar-refractivity contribution in [2.75, 3.05) is 45.2 Å². The third-order valence-corrected chi connectivity index (χ3v) is 10.8. The molecule has 0 aliphatic carbocycles. The first-order valence-corrected chi connectivity index (χ1v) is 15.8. The quantitative estimate of drug-likeness (QED) is 0.342. The zero-order valence-electron chi connectivity index (χ0n) is 24.6. The maximum absolute atomic E-state index is 13.6. The topological polar surface area (TPSA) is 87.5 Å². The molecule has 4 heterocycles. The highest BCUT2D eigenvalue weighted by molar-refractivity contribution is 7.89. The summed E-state index contributed by atoms with van der Waals surface area (Å²) < 4.78 is 30.6. The van der Waals surface area contributed by atoms with E-state index in [0.29, 0.717) is 23.9 Å². The van der Waals surface area contributed by atoms with E-state index in [0.717, 1.165) is 83.6 Å². The molecule has 0 bridgehead atoms. The Bertz CT molecular complexity index is 1710. The molecule has 2 aliphatic rings. The van der Waals surface area contributed by atoms with Crippen molar-refractivity contribution in [3.63, 3.8) is 0 Å². The second-order valence-corrected chi connectivity index (χ2v) is 13.8. The lowest BCUT2D eigenvalue weighted by Crippen LogP contribution is -2.38. The molecule has 0 spiro atoms. The molecule has 1 fully saturated rings. The molecule has 41 heavy (non-hydrogen) atoms. The van der Waals surface area contributed by atoms with E-state index >= 15 is 0 Å². The molecule has 2 aromatic carbocycles. The number of hydrogen-bond acceptors (Lipinski definition) is 7. The maximum Gasteiger partial charge on any atom is 0.242 e. The van der Waals surface area contributed by atoms with Crippen LogP contribution in [0.15, 0.2) is 47.8 Å². The molecule has 0 unspecified atom stereocenters. The highest BCUT2D eigenvalue weighted by Gasteiger charge is 2.28. The zero-order chi connectivity index (χ0) is 28.9. The number of aromatic nitrogens is 4. The van der Waals surface area contributed by atoms with Crippen LogP contribution in [-0.4, -0.2) is 77.6 Å². The van der Waals surface area contributed by atoms with Gasteiger partial charge in [-0.15, -0.1) is 0 Å². The van der Waals surface area contributed by atoms with Crippen molar-refractivity contribution < 1.29 is 8.42 Å². The van der Waals surface area contributed by atoms with Crippen LogP contribution in [0.5, 0.6) is 0 Å². The highest BCUT2D eigenvalue weighted by Crippen LogP contribution is 2.35. The number of likely N-dealkylation sites (tertiary alicyclic amines) is 1. The average molecular weight is 574 g/mol. The first kappa shape index (κ1) is 27.8. The SMILES string of the molecule is Cc1cc(-c2cnn(C)c2C)cc2c(N3CCc4ccc(S(=O)(=O)N(C)CC5CCN(C)CC5)cc4C3)ncnc12. The van der Waals surface area contributed by atoms with Gasteiger partial charge >= 0.3 is 0 Å². The molecule has 0 radical (unpaired) electrons. The van der Waals surface area contributed by atoms with Gasteiger partial charge in [0.2, 0.25) is 10.0 Å². The summed E-state index contributed by atoms with van der Waals surface area (Å²) >= 11 is 0. The van der Waals surface area contributed by atoms with Gasteiger partial charge in [0.1, 0.15) is 12.1 Å². The second kappa shape index (κ2) is 10.8. The number of benzene rings is 2. The van der Waals surface area contributed by atoms with Crippen LogP contribution in [0.1, 0.15) is 35.2 Å². The van der Waals surface area contributed by atoms with E-state index in [-0.39, 0.29) is 0 Å². The number of piperidine rings is 1.